The number of nitrogens with two attached hydrogens (primary N) is 1. The number of rotatable bonds is 5. The van der Waals surface area contributed by atoms with E-state index in [1.807, 2.05) is 0 Å². The Hall–Kier alpha value is -0.120. The van der Waals surface area contributed by atoms with Crippen LogP contribution in [0.15, 0.2) is 0 Å². The van der Waals surface area contributed by atoms with Crippen molar-refractivity contribution in [1.82, 2.24) is 4.90 Å². The fourth-order valence-corrected chi connectivity index (χ4v) is 2.36. The van der Waals surface area contributed by atoms with Gasteiger partial charge in [0, 0.05) is 25.7 Å². The molecule has 0 radical (unpaired) electrons. The summed E-state index contributed by atoms with van der Waals surface area (Å²) in [5.41, 5.74) is 5.83. The second-order valence-electron chi connectivity index (χ2n) is 4.74. The van der Waals surface area contributed by atoms with Gasteiger partial charge in [0.1, 0.15) is 0 Å². The zero-order valence-corrected chi connectivity index (χ0v) is 9.11. The molecule has 2 N–H and O–H groups in total. The molecule has 0 bridgehead atoms. The van der Waals surface area contributed by atoms with Gasteiger partial charge in [-0.3, -0.25) is 4.90 Å². The fraction of sp³-hybridized carbons (Fsp3) is 1.00. The number of ether oxygens (including phenoxy) is 1. The van der Waals surface area contributed by atoms with Crippen molar-refractivity contribution in [3.63, 3.8) is 0 Å². The SMILES string of the molecule is CN(CC1CC1)C(CN)C1CCCO1. The van der Waals surface area contributed by atoms with E-state index in [0.717, 1.165) is 19.1 Å². The third kappa shape index (κ3) is 2.47. The number of likely N-dealkylation sites (N-methyl/N-ethyl adjacent to an activating group) is 1. The average molecular weight is 198 g/mol. The van der Waals surface area contributed by atoms with Gasteiger partial charge in [0.2, 0.25) is 0 Å². The molecule has 1 heterocycles. The number of hydrogen-bond donors (Lipinski definition) is 1. The molecule has 0 spiro atoms. The van der Waals surface area contributed by atoms with Gasteiger partial charge >= 0.3 is 0 Å². The van der Waals surface area contributed by atoms with E-state index in [0.29, 0.717) is 12.1 Å². The van der Waals surface area contributed by atoms with Crippen LogP contribution in [-0.2, 0) is 4.74 Å². The Kier molecular flexibility index (Phi) is 3.42. The van der Waals surface area contributed by atoms with E-state index in [1.54, 1.807) is 0 Å². The lowest BCUT2D eigenvalue weighted by Crippen LogP contribution is -2.46. The van der Waals surface area contributed by atoms with Gasteiger partial charge in [0.25, 0.3) is 0 Å². The van der Waals surface area contributed by atoms with Crippen LogP contribution in [0, 0.1) is 5.92 Å². The highest BCUT2D eigenvalue weighted by Crippen LogP contribution is 2.30. The van der Waals surface area contributed by atoms with Crippen LogP contribution in [0.4, 0.5) is 0 Å². The smallest absolute Gasteiger partial charge is 0.0743 e. The maximum Gasteiger partial charge on any atom is 0.0743 e. The quantitative estimate of drug-likeness (QED) is 0.711. The molecule has 2 aliphatic rings. The summed E-state index contributed by atoms with van der Waals surface area (Å²) in [6, 6.07) is 0.443. The summed E-state index contributed by atoms with van der Waals surface area (Å²) in [6.45, 7) is 2.87. The average Bonchev–Trinajstić information content (AvgIpc) is 2.82. The van der Waals surface area contributed by atoms with Crippen LogP contribution in [0.3, 0.4) is 0 Å². The van der Waals surface area contributed by atoms with E-state index in [9.17, 15) is 0 Å². The Labute approximate surface area is 86.6 Å². The summed E-state index contributed by atoms with van der Waals surface area (Å²) < 4.78 is 5.71. The lowest BCUT2D eigenvalue weighted by atomic mass is 10.1. The number of hydrogen-bond acceptors (Lipinski definition) is 3. The van der Waals surface area contributed by atoms with Crippen molar-refractivity contribution < 1.29 is 4.74 Å². The summed E-state index contributed by atoms with van der Waals surface area (Å²) in [7, 11) is 2.19. The summed E-state index contributed by atoms with van der Waals surface area (Å²) in [4.78, 5) is 2.41. The lowest BCUT2D eigenvalue weighted by Gasteiger charge is -2.31. The van der Waals surface area contributed by atoms with Crippen molar-refractivity contribution in [1.29, 1.82) is 0 Å². The topological polar surface area (TPSA) is 38.5 Å². The molecule has 1 aliphatic heterocycles. The van der Waals surface area contributed by atoms with Crippen LogP contribution >= 0.6 is 0 Å². The van der Waals surface area contributed by atoms with Gasteiger partial charge < -0.3 is 10.5 Å². The maximum atomic E-state index is 5.83. The van der Waals surface area contributed by atoms with Gasteiger partial charge in [0.05, 0.1) is 6.10 Å². The standard InChI is InChI=1S/C11H22N2O/c1-13(8-9-4-5-9)10(7-12)11-3-2-6-14-11/h9-11H,2-8,12H2,1H3. The van der Waals surface area contributed by atoms with Gasteiger partial charge in [-0.25, -0.2) is 0 Å². The molecule has 2 unspecified atom stereocenters. The molecule has 0 aromatic carbocycles. The molecule has 3 heteroatoms. The highest BCUT2D eigenvalue weighted by Gasteiger charge is 2.31. The highest BCUT2D eigenvalue weighted by molar-refractivity contribution is 4.85. The van der Waals surface area contributed by atoms with E-state index in [4.69, 9.17) is 10.5 Å². The van der Waals surface area contributed by atoms with Crippen LogP contribution in [0.2, 0.25) is 0 Å². The van der Waals surface area contributed by atoms with Crippen molar-refractivity contribution in [2.75, 3.05) is 26.7 Å². The van der Waals surface area contributed by atoms with Crippen LogP contribution < -0.4 is 5.73 Å². The predicted octanol–water partition coefficient (Wildman–Crippen LogP) is 0.834. The van der Waals surface area contributed by atoms with Crippen molar-refractivity contribution >= 4 is 0 Å². The number of nitrogens with zero attached hydrogens (tertiary/aromatic N) is 1. The third-order valence-corrected chi connectivity index (χ3v) is 3.44. The van der Waals surface area contributed by atoms with Crippen molar-refractivity contribution in [3.05, 3.63) is 0 Å². The zero-order chi connectivity index (χ0) is 9.97. The Bertz CT molecular complexity index is 176. The largest absolute Gasteiger partial charge is 0.377 e. The molecule has 1 saturated carbocycles. The van der Waals surface area contributed by atoms with Crippen LogP contribution in [0.25, 0.3) is 0 Å². The van der Waals surface area contributed by atoms with Gasteiger partial charge in [0.15, 0.2) is 0 Å². The third-order valence-electron chi connectivity index (χ3n) is 3.44. The summed E-state index contributed by atoms with van der Waals surface area (Å²) in [6.07, 6.45) is 5.61. The Morgan fingerprint density at radius 2 is 2.21 bits per heavy atom. The first-order chi connectivity index (χ1) is 6.81. The monoisotopic (exact) mass is 198 g/mol. The Balaban J connectivity index is 1.82. The zero-order valence-electron chi connectivity index (χ0n) is 9.11. The van der Waals surface area contributed by atoms with E-state index >= 15 is 0 Å². The second-order valence-corrected chi connectivity index (χ2v) is 4.74. The fourth-order valence-electron chi connectivity index (χ4n) is 2.36. The van der Waals surface area contributed by atoms with E-state index in [2.05, 4.69) is 11.9 Å². The van der Waals surface area contributed by atoms with Gasteiger partial charge in [-0.1, -0.05) is 0 Å². The molecule has 1 saturated heterocycles. The molecular weight excluding hydrogens is 176 g/mol. The van der Waals surface area contributed by atoms with E-state index < -0.39 is 0 Å². The van der Waals surface area contributed by atoms with Gasteiger partial charge in [-0.05, 0) is 38.6 Å². The van der Waals surface area contributed by atoms with Crippen LogP contribution in [0.1, 0.15) is 25.7 Å². The maximum absolute atomic E-state index is 5.83. The molecule has 1 aliphatic carbocycles. The minimum atomic E-state index is 0.392. The van der Waals surface area contributed by atoms with E-state index in [1.165, 1.54) is 32.2 Å². The second kappa shape index (κ2) is 4.60. The molecule has 2 fully saturated rings. The first-order valence-corrected chi connectivity index (χ1v) is 5.83. The predicted molar refractivity (Wildman–Crippen MR) is 57.2 cm³/mol. The van der Waals surface area contributed by atoms with Crippen LogP contribution in [0.5, 0.6) is 0 Å². The first-order valence-electron chi connectivity index (χ1n) is 5.83. The highest BCUT2D eigenvalue weighted by atomic mass is 16.5. The lowest BCUT2D eigenvalue weighted by molar-refractivity contribution is 0.0359. The molecule has 0 aromatic rings. The summed E-state index contributed by atoms with van der Waals surface area (Å²) in [5, 5.41) is 0. The molecule has 82 valence electrons. The Morgan fingerprint density at radius 1 is 1.43 bits per heavy atom. The normalized spacial score (nSPS) is 29.8. The summed E-state index contributed by atoms with van der Waals surface area (Å²) >= 11 is 0. The van der Waals surface area contributed by atoms with Crippen molar-refractivity contribution in [2.45, 2.75) is 37.8 Å². The molecule has 0 aromatic heterocycles. The Morgan fingerprint density at radius 3 is 2.71 bits per heavy atom. The van der Waals surface area contributed by atoms with Gasteiger partial charge in [-0.15, -0.1) is 0 Å². The molecular formula is C11H22N2O. The van der Waals surface area contributed by atoms with Crippen molar-refractivity contribution in [2.24, 2.45) is 11.7 Å². The molecule has 0 amide bonds. The van der Waals surface area contributed by atoms with Crippen LogP contribution in [-0.4, -0.2) is 43.8 Å². The minimum Gasteiger partial charge on any atom is -0.377 e. The summed E-state index contributed by atoms with van der Waals surface area (Å²) in [5.74, 6) is 0.940. The first kappa shape index (κ1) is 10.4. The minimum absolute atomic E-state index is 0.392. The van der Waals surface area contributed by atoms with Crippen molar-refractivity contribution in [3.8, 4) is 0 Å². The molecule has 2 rings (SSSR count). The van der Waals surface area contributed by atoms with E-state index in [-0.39, 0.29) is 0 Å². The molecule has 2 atom stereocenters. The van der Waals surface area contributed by atoms with Gasteiger partial charge in [-0.2, -0.15) is 0 Å². The molecule has 3 nitrogen and oxygen atoms in total. The molecule has 14 heavy (non-hydrogen) atoms.